The van der Waals surface area contributed by atoms with E-state index in [1.807, 2.05) is 24.5 Å². The minimum absolute atomic E-state index is 0.938. The second kappa shape index (κ2) is 5.31. The van der Waals surface area contributed by atoms with Gasteiger partial charge in [-0.2, -0.15) is 0 Å². The summed E-state index contributed by atoms with van der Waals surface area (Å²) in [5.74, 6) is 0.938. The van der Waals surface area contributed by atoms with E-state index in [0.717, 1.165) is 31.6 Å². The third-order valence-electron chi connectivity index (χ3n) is 3.52. The van der Waals surface area contributed by atoms with Crippen molar-refractivity contribution >= 4 is 11.3 Å². The van der Waals surface area contributed by atoms with Crippen molar-refractivity contribution in [2.45, 2.75) is 19.3 Å². The molecule has 0 unspecified atom stereocenters. The molecule has 0 saturated carbocycles. The maximum Gasteiger partial charge on any atom is 0.119 e. The van der Waals surface area contributed by atoms with Crippen LogP contribution in [0.1, 0.15) is 15.4 Å². The SMILES string of the molecule is CNCCc1nc2c(s1)CCc1cc(OC)ccc1-2. The average molecular weight is 274 g/mol. The van der Waals surface area contributed by atoms with Crippen LogP contribution in [0.15, 0.2) is 18.2 Å². The first-order chi connectivity index (χ1) is 9.31. The highest BCUT2D eigenvalue weighted by Crippen LogP contribution is 2.37. The van der Waals surface area contributed by atoms with Gasteiger partial charge in [0, 0.05) is 23.4 Å². The van der Waals surface area contributed by atoms with E-state index in [4.69, 9.17) is 9.72 Å². The quantitative estimate of drug-likeness (QED) is 0.931. The number of ether oxygens (including phenoxy) is 1. The van der Waals surface area contributed by atoms with Crippen molar-refractivity contribution in [2.24, 2.45) is 0 Å². The molecule has 0 amide bonds. The Balaban J connectivity index is 1.96. The molecule has 0 fully saturated rings. The van der Waals surface area contributed by atoms with Crippen LogP contribution in [0.2, 0.25) is 0 Å². The molecule has 4 heteroatoms. The summed E-state index contributed by atoms with van der Waals surface area (Å²) in [6.45, 7) is 0.988. The minimum Gasteiger partial charge on any atom is -0.497 e. The number of aryl methyl sites for hydroxylation is 2. The summed E-state index contributed by atoms with van der Waals surface area (Å²) in [4.78, 5) is 6.26. The van der Waals surface area contributed by atoms with Crippen LogP contribution in [0, 0.1) is 0 Å². The van der Waals surface area contributed by atoms with E-state index < -0.39 is 0 Å². The number of likely N-dealkylation sites (N-methyl/N-ethyl adjacent to an activating group) is 1. The third kappa shape index (κ3) is 2.38. The normalized spacial score (nSPS) is 12.9. The van der Waals surface area contributed by atoms with Crippen molar-refractivity contribution in [1.29, 1.82) is 0 Å². The van der Waals surface area contributed by atoms with Crippen LogP contribution >= 0.6 is 11.3 Å². The van der Waals surface area contributed by atoms with Gasteiger partial charge in [-0.15, -0.1) is 11.3 Å². The molecule has 0 saturated heterocycles. The second-order valence-electron chi connectivity index (χ2n) is 4.76. The van der Waals surface area contributed by atoms with Crippen molar-refractivity contribution in [3.05, 3.63) is 33.6 Å². The smallest absolute Gasteiger partial charge is 0.119 e. The van der Waals surface area contributed by atoms with Gasteiger partial charge in [-0.1, -0.05) is 0 Å². The molecule has 1 heterocycles. The number of hydrogen-bond donors (Lipinski definition) is 1. The highest BCUT2D eigenvalue weighted by atomic mass is 32.1. The number of nitrogens with zero attached hydrogens (tertiary/aromatic N) is 1. The maximum atomic E-state index is 5.30. The van der Waals surface area contributed by atoms with Crippen molar-refractivity contribution in [1.82, 2.24) is 10.3 Å². The zero-order valence-electron chi connectivity index (χ0n) is 11.3. The molecule has 0 spiro atoms. The lowest BCUT2D eigenvalue weighted by atomic mass is 9.93. The summed E-state index contributed by atoms with van der Waals surface area (Å²) in [5.41, 5.74) is 3.84. The Morgan fingerprint density at radius 2 is 2.26 bits per heavy atom. The standard InChI is InChI=1S/C15H18N2OS/c1-16-8-7-14-17-15-12-5-4-11(18-2)9-10(12)3-6-13(15)19-14/h4-5,9,16H,3,6-8H2,1-2H3. The van der Waals surface area contributed by atoms with Crippen LogP contribution < -0.4 is 10.1 Å². The molecule has 1 aliphatic carbocycles. The molecule has 0 radical (unpaired) electrons. The van der Waals surface area contributed by atoms with Crippen LogP contribution in [0.5, 0.6) is 5.75 Å². The molecule has 1 aromatic heterocycles. The highest BCUT2D eigenvalue weighted by Gasteiger charge is 2.20. The molecule has 1 aliphatic rings. The lowest BCUT2D eigenvalue weighted by molar-refractivity contribution is 0.414. The van der Waals surface area contributed by atoms with E-state index in [1.165, 1.54) is 26.7 Å². The fourth-order valence-corrected chi connectivity index (χ4v) is 3.58. The summed E-state index contributed by atoms with van der Waals surface area (Å²) in [6.07, 6.45) is 3.21. The second-order valence-corrected chi connectivity index (χ2v) is 5.92. The molecule has 19 heavy (non-hydrogen) atoms. The van der Waals surface area contributed by atoms with E-state index in [-0.39, 0.29) is 0 Å². The van der Waals surface area contributed by atoms with E-state index in [9.17, 15) is 0 Å². The first-order valence-electron chi connectivity index (χ1n) is 6.62. The van der Waals surface area contributed by atoms with Gasteiger partial charge in [0.2, 0.25) is 0 Å². The molecule has 1 N–H and O–H groups in total. The Morgan fingerprint density at radius 3 is 3.05 bits per heavy atom. The molecule has 100 valence electrons. The molecule has 3 nitrogen and oxygen atoms in total. The number of benzene rings is 1. The van der Waals surface area contributed by atoms with E-state index >= 15 is 0 Å². The first kappa shape index (κ1) is 12.6. The summed E-state index contributed by atoms with van der Waals surface area (Å²) < 4.78 is 5.30. The third-order valence-corrected chi connectivity index (χ3v) is 4.69. The summed E-state index contributed by atoms with van der Waals surface area (Å²) in [6, 6.07) is 6.32. The van der Waals surface area contributed by atoms with E-state index in [2.05, 4.69) is 17.4 Å². The molecule has 0 aliphatic heterocycles. The number of thiazole rings is 1. The zero-order valence-corrected chi connectivity index (χ0v) is 12.1. The Morgan fingerprint density at radius 1 is 1.37 bits per heavy atom. The summed E-state index contributed by atoms with van der Waals surface area (Å²) in [7, 11) is 3.70. The van der Waals surface area contributed by atoms with Crippen molar-refractivity contribution in [2.75, 3.05) is 20.7 Å². The Hall–Kier alpha value is -1.39. The number of hydrogen-bond acceptors (Lipinski definition) is 4. The van der Waals surface area contributed by atoms with Gasteiger partial charge in [0.25, 0.3) is 0 Å². The molecule has 2 aromatic rings. The van der Waals surface area contributed by atoms with Crippen molar-refractivity contribution in [3.8, 4) is 17.0 Å². The topological polar surface area (TPSA) is 34.2 Å². The van der Waals surface area contributed by atoms with Gasteiger partial charge in [0.05, 0.1) is 17.8 Å². The van der Waals surface area contributed by atoms with Gasteiger partial charge in [0.1, 0.15) is 5.75 Å². The van der Waals surface area contributed by atoms with Gasteiger partial charge in [-0.3, -0.25) is 0 Å². The summed E-state index contributed by atoms with van der Waals surface area (Å²) in [5, 5.41) is 4.42. The zero-order chi connectivity index (χ0) is 13.2. The van der Waals surface area contributed by atoms with Crippen molar-refractivity contribution < 1.29 is 4.74 Å². The predicted molar refractivity (Wildman–Crippen MR) is 79.1 cm³/mol. The monoisotopic (exact) mass is 274 g/mol. The average Bonchev–Trinajstić information content (AvgIpc) is 2.87. The molecular formula is C15H18N2OS. The van der Waals surface area contributed by atoms with Gasteiger partial charge in [0.15, 0.2) is 0 Å². The molecule has 0 atom stereocenters. The number of rotatable bonds is 4. The lowest BCUT2D eigenvalue weighted by Crippen LogP contribution is -2.10. The fourth-order valence-electron chi connectivity index (χ4n) is 2.50. The predicted octanol–water partition coefficient (Wildman–Crippen LogP) is 2.68. The molecule has 1 aromatic carbocycles. The van der Waals surface area contributed by atoms with Crippen LogP contribution in [0.4, 0.5) is 0 Å². The fraction of sp³-hybridized carbons (Fsp3) is 0.400. The first-order valence-corrected chi connectivity index (χ1v) is 7.44. The minimum atomic E-state index is 0.938. The van der Waals surface area contributed by atoms with Gasteiger partial charge in [-0.25, -0.2) is 4.98 Å². The van der Waals surface area contributed by atoms with E-state index in [0.29, 0.717) is 0 Å². The lowest BCUT2D eigenvalue weighted by Gasteiger charge is -2.15. The number of methoxy groups -OCH3 is 1. The number of nitrogens with one attached hydrogen (secondary N) is 1. The Kier molecular flexibility index (Phi) is 3.53. The van der Waals surface area contributed by atoms with Crippen molar-refractivity contribution in [3.63, 3.8) is 0 Å². The Labute approximate surface area is 117 Å². The van der Waals surface area contributed by atoms with Gasteiger partial charge in [-0.05, 0) is 43.7 Å². The van der Waals surface area contributed by atoms with Gasteiger partial charge < -0.3 is 10.1 Å². The van der Waals surface area contributed by atoms with Crippen LogP contribution in [-0.4, -0.2) is 25.7 Å². The molecular weight excluding hydrogens is 256 g/mol. The highest BCUT2D eigenvalue weighted by molar-refractivity contribution is 7.12. The maximum absolute atomic E-state index is 5.30. The summed E-state index contributed by atoms with van der Waals surface area (Å²) >= 11 is 1.87. The van der Waals surface area contributed by atoms with E-state index in [1.54, 1.807) is 7.11 Å². The van der Waals surface area contributed by atoms with Crippen LogP contribution in [-0.2, 0) is 19.3 Å². The number of aromatic nitrogens is 1. The number of fused-ring (bicyclic) bond motifs is 3. The largest absolute Gasteiger partial charge is 0.497 e. The van der Waals surface area contributed by atoms with Crippen LogP contribution in [0.25, 0.3) is 11.3 Å². The van der Waals surface area contributed by atoms with Gasteiger partial charge >= 0.3 is 0 Å². The molecule has 3 rings (SSSR count). The molecule has 0 bridgehead atoms. The Bertz CT molecular complexity index is 592. The van der Waals surface area contributed by atoms with Crippen LogP contribution in [0.3, 0.4) is 0 Å².